The number of aromatic nitrogens is 3. The van der Waals surface area contributed by atoms with Crippen molar-refractivity contribution < 1.29 is 0 Å². The fourth-order valence-electron chi connectivity index (χ4n) is 1.19. The van der Waals surface area contributed by atoms with Crippen molar-refractivity contribution in [3.05, 3.63) is 28.3 Å². The first-order valence-corrected chi connectivity index (χ1v) is 5.59. The Labute approximate surface area is 96.9 Å². The molecule has 2 heterocycles. The lowest BCUT2D eigenvalue weighted by Crippen LogP contribution is -2.12. The summed E-state index contributed by atoms with van der Waals surface area (Å²) in [5, 5.41) is 3.21. The van der Waals surface area contributed by atoms with Crippen LogP contribution in [0.25, 0.3) is 0 Å². The van der Waals surface area contributed by atoms with Gasteiger partial charge in [-0.15, -0.1) is 11.3 Å². The maximum absolute atomic E-state index is 5.25. The van der Waals surface area contributed by atoms with Gasteiger partial charge in [0, 0.05) is 22.8 Å². The lowest BCUT2D eigenvalue weighted by molar-refractivity contribution is 1.05. The molecule has 0 aromatic carbocycles. The standard InChI is InChI=1S/C9H12N6S/c1-6-2-13-9(15-10)14-8(6)12-4-7-3-11-5-16-7/h2-3,5H,4,10H2,1H3,(H2,12,13,14,15). The summed E-state index contributed by atoms with van der Waals surface area (Å²) in [7, 11) is 0. The molecule has 0 bridgehead atoms. The van der Waals surface area contributed by atoms with E-state index in [1.54, 1.807) is 23.0 Å². The highest BCUT2D eigenvalue weighted by Gasteiger charge is 2.03. The smallest absolute Gasteiger partial charge is 0.239 e. The minimum atomic E-state index is 0.400. The van der Waals surface area contributed by atoms with Gasteiger partial charge in [0.25, 0.3) is 0 Å². The maximum Gasteiger partial charge on any atom is 0.239 e. The number of nitrogens with two attached hydrogens (primary N) is 1. The van der Waals surface area contributed by atoms with Crippen molar-refractivity contribution in [3.63, 3.8) is 0 Å². The Hall–Kier alpha value is -1.73. The number of nitrogens with zero attached hydrogens (tertiary/aromatic N) is 3. The van der Waals surface area contributed by atoms with Gasteiger partial charge >= 0.3 is 0 Å². The van der Waals surface area contributed by atoms with Crippen LogP contribution in [0.15, 0.2) is 17.9 Å². The molecule has 84 valence electrons. The van der Waals surface area contributed by atoms with E-state index in [2.05, 4.69) is 25.7 Å². The fourth-order valence-corrected chi connectivity index (χ4v) is 1.73. The molecule has 0 fully saturated rings. The summed E-state index contributed by atoms with van der Waals surface area (Å²) in [6, 6.07) is 0. The van der Waals surface area contributed by atoms with Gasteiger partial charge in [0.2, 0.25) is 5.95 Å². The van der Waals surface area contributed by atoms with Gasteiger partial charge in [0.1, 0.15) is 5.82 Å². The first-order chi connectivity index (χ1) is 7.79. The van der Waals surface area contributed by atoms with Crippen molar-refractivity contribution in [1.82, 2.24) is 15.0 Å². The number of nitrogen functional groups attached to an aromatic ring is 1. The normalized spacial score (nSPS) is 10.1. The average Bonchev–Trinajstić information content (AvgIpc) is 2.81. The SMILES string of the molecule is Cc1cnc(NN)nc1NCc1cncs1. The third kappa shape index (κ3) is 2.44. The number of hydrazine groups is 1. The predicted octanol–water partition coefficient (Wildman–Crippen LogP) is 1.14. The number of aryl methyl sites for hydroxylation is 1. The molecule has 2 aromatic heterocycles. The number of nitrogens with one attached hydrogen (secondary N) is 2. The van der Waals surface area contributed by atoms with Crippen LogP contribution in [0.1, 0.15) is 10.4 Å². The quantitative estimate of drug-likeness (QED) is 0.545. The Bertz CT molecular complexity index is 455. The van der Waals surface area contributed by atoms with Gasteiger partial charge in [0.05, 0.1) is 12.1 Å². The molecule has 0 aliphatic heterocycles. The van der Waals surface area contributed by atoms with Crippen LogP contribution in [0.5, 0.6) is 0 Å². The Morgan fingerprint density at radius 1 is 1.44 bits per heavy atom. The molecule has 0 unspecified atom stereocenters. The van der Waals surface area contributed by atoms with Crippen LogP contribution in [0.4, 0.5) is 11.8 Å². The molecule has 0 atom stereocenters. The largest absolute Gasteiger partial charge is 0.365 e. The van der Waals surface area contributed by atoms with Gasteiger partial charge in [-0.2, -0.15) is 4.98 Å². The van der Waals surface area contributed by atoms with E-state index in [9.17, 15) is 0 Å². The molecule has 7 heteroatoms. The molecule has 0 saturated heterocycles. The summed E-state index contributed by atoms with van der Waals surface area (Å²) in [5.74, 6) is 6.42. The molecular formula is C9H12N6S. The summed E-state index contributed by atoms with van der Waals surface area (Å²) in [6.07, 6.45) is 3.55. The van der Waals surface area contributed by atoms with Gasteiger partial charge in [-0.1, -0.05) is 0 Å². The van der Waals surface area contributed by atoms with Crippen molar-refractivity contribution in [3.8, 4) is 0 Å². The molecule has 6 nitrogen and oxygen atoms in total. The van der Waals surface area contributed by atoms with Crippen LogP contribution >= 0.6 is 11.3 Å². The monoisotopic (exact) mass is 236 g/mol. The number of anilines is 2. The minimum absolute atomic E-state index is 0.400. The second-order valence-corrected chi connectivity index (χ2v) is 4.16. The molecule has 0 aliphatic rings. The second kappa shape index (κ2) is 4.86. The zero-order valence-corrected chi connectivity index (χ0v) is 9.58. The lowest BCUT2D eigenvalue weighted by atomic mass is 10.3. The summed E-state index contributed by atoms with van der Waals surface area (Å²) >= 11 is 1.60. The molecule has 0 aliphatic carbocycles. The number of thiazole rings is 1. The van der Waals surface area contributed by atoms with Crippen LogP contribution in [0, 0.1) is 6.92 Å². The highest BCUT2D eigenvalue weighted by molar-refractivity contribution is 7.09. The third-order valence-electron chi connectivity index (χ3n) is 2.01. The van der Waals surface area contributed by atoms with E-state index < -0.39 is 0 Å². The molecule has 0 radical (unpaired) electrons. The van der Waals surface area contributed by atoms with Gasteiger partial charge < -0.3 is 5.32 Å². The highest BCUT2D eigenvalue weighted by atomic mass is 32.1. The fraction of sp³-hybridized carbons (Fsp3) is 0.222. The summed E-state index contributed by atoms with van der Waals surface area (Å²) in [5.41, 5.74) is 5.19. The van der Waals surface area contributed by atoms with Crippen LogP contribution in [0.2, 0.25) is 0 Å². The van der Waals surface area contributed by atoms with Crippen LogP contribution in [-0.4, -0.2) is 15.0 Å². The van der Waals surface area contributed by atoms with Crippen LogP contribution in [0.3, 0.4) is 0 Å². The molecule has 2 aromatic rings. The maximum atomic E-state index is 5.25. The van der Waals surface area contributed by atoms with Crippen molar-refractivity contribution in [2.24, 2.45) is 5.84 Å². The minimum Gasteiger partial charge on any atom is -0.365 e. The molecule has 0 amide bonds. The summed E-state index contributed by atoms with van der Waals surface area (Å²) in [6.45, 7) is 2.64. The van der Waals surface area contributed by atoms with Crippen molar-refractivity contribution in [2.75, 3.05) is 10.7 Å². The Morgan fingerprint density at radius 3 is 3.00 bits per heavy atom. The predicted molar refractivity (Wildman–Crippen MR) is 64.0 cm³/mol. The van der Waals surface area contributed by atoms with Gasteiger partial charge in [0.15, 0.2) is 0 Å². The summed E-state index contributed by atoms with van der Waals surface area (Å²) < 4.78 is 0. The third-order valence-corrected chi connectivity index (χ3v) is 2.79. The van der Waals surface area contributed by atoms with E-state index in [1.165, 1.54) is 0 Å². The van der Waals surface area contributed by atoms with Gasteiger partial charge in [-0.25, -0.2) is 10.8 Å². The lowest BCUT2D eigenvalue weighted by Gasteiger charge is -2.08. The molecular weight excluding hydrogens is 224 g/mol. The molecule has 0 saturated carbocycles. The van der Waals surface area contributed by atoms with Crippen molar-refractivity contribution >= 4 is 23.1 Å². The molecule has 16 heavy (non-hydrogen) atoms. The molecule has 2 rings (SSSR count). The second-order valence-electron chi connectivity index (χ2n) is 3.19. The molecule has 4 N–H and O–H groups in total. The Morgan fingerprint density at radius 2 is 2.31 bits per heavy atom. The number of rotatable bonds is 4. The van der Waals surface area contributed by atoms with E-state index in [0.29, 0.717) is 12.5 Å². The van der Waals surface area contributed by atoms with Crippen LogP contribution in [-0.2, 0) is 6.54 Å². The molecule has 0 spiro atoms. The van der Waals surface area contributed by atoms with Crippen LogP contribution < -0.4 is 16.6 Å². The number of hydrogen-bond donors (Lipinski definition) is 3. The van der Waals surface area contributed by atoms with E-state index >= 15 is 0 Å². The zero-order valence-electron chi connectivity index (χ0n) is 8.77. The first-order valence-electron chi connectivity index (χ1n) is 4.71. The van der Waals surface area contributed by atoms with Crippen molar-refractivity contribution in [2.45, 2.75) is 13.5 Å². The summed E-state index contributed by atoms with van der Waals surface area (Å²) in [4.78, 5) is 13.4. The first kappa shape index (κ1) is 10.8. The van der Waals surface area contributed by atoms with Gasteiger partial charge in [-0.05, 0) is 6.92 Å². The van der Waals surface area contributed by atoms with E-state index in [-0.39, 0.29) is 0 Å². The number of hydrogen-bond acceptors (Lipinski definition) is 7. The zero-order chi connectivity index (χ0) is 11.4. The van der Waals surface area contributed by atoms with E-state index in [4.69, 9.17) is 5.84 Å². The average molecular weight is 236 g/mol. The van der Waals surface area contributed by atoms with Gasteiger partial charge in [-0.3, -0.25) is 10.4 Å². The Kier molecular flexibility index (Phi) is 3.28. The van der Waals surface area contributed by atoms with E-state index in [0.717, 1.165) is 16.3 Å². The Balaban J connectivity index is 2.08. The topological polar surface area (TPSA) is 88.8 Å². The highest BCUT2D eigenvalue weighted by Crippen LogP contribution is 2.14. The van der Waals surface area contributed by atoms with Crippen molar-refractivity contribution in [1.29, 1.82) is 0 Å². The van der Waals surface area contributed by atoms with E-state index in [1.807, 2.05) is 13.1 Å².